The monoisotopic (exact) mass is 237 g/mol. The lowest BCUT2D eigenvalue weighted by atomic mass is 9.96. The molecule has 0 saturated carbocycles. The molecule has 1 aromatic carbocycles. The molecule has 0 aromatic heterocycles. The predicted octanol–water partition coefficient (Wildman–Crippen LogP) is 2.13. The Morgan fingerprint density at radius 1 is 1.41 bits per heavy atom. The van der Waals surface area contributed by atoms with Crippen LogP contribution in [0.5, 0.6) is 0 Å². The zero-order valence-corrected chi connectivity index (χ0v) is 9.88. The van der Waals surface area contributed by atoms with Gasteiger partial charge in [0.2, 0.25) is 6.54 Å². The minimum Gasteiger partial charge on any atom is -0.447 e. The maximum absolute atomic E-state index is 11.3. The molecule has 1 rings (SSSR count). The van der Waals surface area contributed by atoms with Crippen molar-refractivity contribution in [2.75, 3.05) is 6.54 Å². The van der Waals surface area contributed by atoms with E-state index in [1.165, 1.54) is 0 Å². The first-order chi connectivity index (χ1) is 7.98. The molecule has 0 radical (unpaired) electrons. The lowest BCUT2D eigenvalue weighted by Gasteiger charge is -2.25. The van der Waals surface area contributed by atoms with Gasteiger partial charge in [-0.2, -0.15) is 0 Å². The number of nitro groups is 1. The molecule has 0 aliphatic carbocycles. The van der Waals surface area contributed by atoms with E-state index in [9.17, 15) is 14.9 Å². The van der Waals surface area contributed by atoms with Crippen LogP contribution in [0.25, 0.3) is 0 Å². The second-order valence-corrected chi connectivity index (χ2v) is 3.92. The summed E-state index contributed by atoms with van der Waals surface area (Å²) in [6.45, 7) is 2.77. The summed E-state index contributed by atoms with van der Waals surface area (Å²) in [5.41, 5.74) is -0.587. The number of carbonyl (C=O) groups is 1. The minimum atomic E-state index is -1.21. The summed E-state index contributed by atoms with van der Waals surface area (Å²) in [6, 6.07) is 8.75. The topological polar surface area (TPSA) is 69.4 Å². The molecule has 0 amide bonds. The Morgan fingerprint density at radius 3 is 2.47 bits per heavy atom. The Balaban J connectivity index is 3.01. The number of benzene rings is 1. The van der Waals surface area contributed by atoms with Crippen molar-refractivity contribution in [3.8, 4) is 0 Å². The fourth-order valence-electron chi connectivity index (χ4n) is 1.54. The second kappa shape index (κ2) is 5.43. The van der Waals surface area contributed by atoms with Crippen molar-refractivity contribution in [2.45, 2.75) is 25.9 Å². The van der Waals surface area contributed by atoms with E-state index >= 15 is 0 Å². The minimum absolute atomic E-state index is 0.195. The zero-order chi connectivity index (χ0) is 12.9. The molecule has 0 bridgehead atoms. The van der Waals surface area contributed by atoms with Crippen molar-refractivity contribution >= 4 is 5.97 Å². The summed E-state index contributed by atoms with van der Waals surface area (Å²) in [6.07, 6.45) is 0.195. The highest BCUT2D eigenvalue weighted by Gasteiger charge is 2.36. The van der Waals surface area contributed by atoms with Crippen molar-refractivity contribution in [3.05, 3.63) is 46.0 Å². The van der Waals surface area contributed by atoms with Gasteiger partial charge < -0.3 is 4.74 Å². The van der Waals surface area contributed by atoms with Crippen molar-refractivity contribution in [1.82, 2.24) is 0 Å². The maximum Gasteiger partial charge on any atom is 0.306 e. The predicted molar refractivity (Wildman–Crippen MR) is 62.0 cm³/mol. The van der Waals surface area contributed by atoms with Gasteiger partial charge in [0, 0.05) is 16.9 Å². The van der Waals surface area contributed by atoms with E-state index in [0.29, 0.717) is 5.56 Å². The van der Waals surface area contributed by atoms with Crippen LogP contribution >= 0.6 is 0 Å². The van der Waals surface area contributed by atoms with Crippen LogP contribution in [0.3, 0.4) is 0 Å². The van der Waals surface area contributed by atoms with Crippen molar-refractivity contribution < 1.29 is 14.5 Å². The van der Waals surface area contributed by atoms with Crippen molar-refractivity contribution in [1.29, 1.82) is 0 Å². The summed E-state index contributed by atoms with van der Waals surface area (Å²) in [5.74, 6) is -0.446. The molecule has 1 aromatic rings. The largest absolute Gasteiger partial charge is 0.447 e. The van der Waals surface area contributed by atoms with E-state index in [2.05, 4.69) is 0 Å². The third kappa shape index (κ3) is 3.55. The van der Waals surface area contributed by atoms with Gasteiger partial charge in [0.1, 0.15) is 0 Å². The first-order valence-corrected chi connectivity index (χ1v) is 5.37. The average Bonchev–Trinajstić information content (AvgIpc) is 2.29. The highest BCUT2D eigenvalue weighted by atomic mass is 16.6. The lowest BCUT2D eigenvalue weighted by molar-refractivity contribution is -0.501. The molecule has 0 heterocycles. The van der Waals surface area contributed by atoms with Crippen LogP contribution in [-0.2, 0) is 15.1 Å². The summed E-state index contributed by atoms with van der Waals surface area (Å²) >= 11 is 0. The average molecular weight is 237 g/mol. The first kappa shape index (κ1) is 13.2. The smallest absolute Gasteiger partial charge is 0.306 e. The Hall–Kier alpha value is -1.91. The molecule has 1 atom stereocenters. The van der Waals surface area contributed by atoms with Crippen LogP contribution in [0.15, 0.2) is 30.3 Å². The lowest BCUT2D eigenvalue weighted by Crippen LogP contribution is -2.36. The van der Waals surface area contributed by atoms with Gasteiger partial charge in [-0.1, -0.05) is 37.3 Å². The number of rotatable bonds is 5. The number of hydrogen-bond donors (Lipinski definition) is 0. The van der Waals surface area contributed by atoms with E-state index < -0.39 is 23.0 Å². The van der Waals surface area contributed by atoms with E-state index in [4.69, 9.17) is 4.74 Å². The fraction of sp³-hybridized carbons (Fsp3) is 0.417. The Bertz CT molecular complexity index is 404. The SMILES string of the molecule is CCC(=O)OC(C)(C[N+](=O)[O-])c1ccccc1. The molecule has 5 heteroatoms. The van der Waals surface area contributed by atoms with Crippen LogP contribution in [0.1, 0.15) is 25.8 Å². The van der Waals surface area contributed by atoms with Crippen LogP contribution in [-0.4, -0.2) is 17.4 Å². The molecule has 0 aliphatic heterocycles. The molecule has 1 unspecified atom stereocenters. The van der Waals surface area contributed by atoms with Crippen LogP contribution in [0.4, 0.5) is 0 Å². The zero-order valence-electron chi connectivity index (χ0n) is 9.88. The molecule has 0 saturated heterocycles. The fourth-order valence-corrected chi connectivity index (χ4v) is 1.54. The molecule has 0 aliphatic rings. The second-order valence-electron chi connectivity index (χ2n) is 3.92. The maximum atomic E-state index is 11.3. The summed E-state index contributed by atoms with van der Waals surface area (Å²) in [4.78, 5) is 21.5. The van der Waals surface area contributed by atoms with Crippen LogP contribution < -0.4 is 0 Å². The van der Waals surface area contributed by atoms with Gasteiger partial charge in [0.25, 0.3) is 0 Å². The van der Waals surface area contributed by atoms with Gasteiger partial charge in [-0.3, -0.25) is 14.9 Å². The number of ether oxygens (including phenoxy) is 1. The molecule has 0 spiro atoms. The number of hydrogen-bond acceptors (Lipinski definition) is 4. The normalized spacial score (nSPS) is 13.8. The van der Waals surface area contributed by atoms with Crippen molar-refractivity contribution in [3.63, 3.8) is 0 Å². The number of nitrogens with zero attached hydrogens (tertiary/aromatic N) is 1. The third-order valence-corrected chi connectivity index (χ3v) is 2.44. The molecule has 0 N–H and O–H groups in total. The Morgan fingerprint density at radius 2 is 2.00 bits per heavy atom. The van der Waals surface area contributed by atoms with E-state index in [-0.39, 0.29) is 6.42 Å². The third-order valence-electron chi connectivity index (χ3n) is 2.44. The van der Waals surface area contributed by atoms with Gasteiger partial charge in [-0.05, 0) is 6.92 Å². The van der Waals surface area contributed by atoms with E-state index in [0.717, 1.165) is 0 Å². The molecule has 0 fully saturated rings. The van der Waals surface area contributed by atoms with Gasteiger partial charge >= 0.3 is 5.97 Å². The van der Waals surface area contributed by atoms with Crippen molar-refractivity contribution in [2.24, 2.45) is 0 Å². The highest BCUT2D eigenvalue weighted by Crippen LogP contribution is 2.26. The Kier molecular flexibility index (Phi) is 4.20. The van der Waals surface area contributed by atoms with E-state index in [1.54, 1.807) is 44.2 Å². The van der Waals surface area contributed by atoms with Gasteiger partial charge in [0.05, 0.1) is 0 Å². The molecule has 5 nitrogen and oxygen atoms in total. The van der Waals surface area contributed by atoms with Crippen LogP contribution in [0.2, 0.25) is 0 Å². The summed E-state index contributed by atoms with van der Waals surface area (Å²) in [5, 5.41) is 10.7. The standard InChI is InChI=1S/C12H15NO4/c1-3-11(14)17-12(2,9-13(15)16)10-7-5-4-6-8-10/h4-8H,3,9H2,1-2H3. The Labute approximate surface area is 99.5 Å². The number of carbonyl (C=O) groups excluding carboxylic acids is 1. The highest BCUT2D eigenvalue weighted by molar-refractivity contribution is 5.69. The van der Waals surface area contributed by atoms with Gasteiger partial charge in [-0.25, -0.2) is 0 Å². The quantitative estimate of drug-likeness (QED) is 0.447. The number of esters is 1. The van der Waals surface area contributed by atoms with Gasteiger partial charge in [-0.15, -0.1) is 0 Å². The molecule has 92 valence electrons. The molecule has 17 heavy (non-hydrogen) atoms. The summed E-state index contributed by atoms with van der Waals surface area (Å²) < 4.78 is 5.20. The molecular weight excluding hydrogens is 222 g/mol. The van der Waals surface area contributed by atoms with Gasteiger partial charge in [0.15, 0.2) is 5.60 Å². The van der Waals surface area contributed by atoms with Crippen LogP contribution in [0, 0.1) is 10.1 Å². The van der Waals surface area contributed by atoms with E-state index in [1.807, 2.05) is 0 Å². The first-order valence-electron chi connectivity index (χ1n) is 5.37. The summed E-state index contributed by atoms with van der Waals surface area (Å²) in [7, 11) is 0. The molecular formula is C12H15NO4.